The van der Waals surface area contributed by atoms with E-state index in [0.717, 1.165) is 41.1 Å². The van der Waals surface area contributed by atoms with E-state index in [-0.39, 0.29) is 23.4 Å². The molecule has 236 valence electrons. The van der Waals surface area contributed by atoms with Gasteiger partial charge in [0.1, 0.15) is 24.1 Å². The number of benzene rings is 3. The highest BCUT2D eigenvalue weighted by atomic mass is 32.2. The normalized spacial score (nSPS) is 14.1. The van der Waals surface area contributed by atoms with Crippen molar-refractivity contribution < 1.29 is 27.5 Å². The first-order valence-electron chi connectivity index (χ1n) is 15.2. The lowest BCUT2D eigenvalue weighted by molar-refractivity contribution is -0.140. The molecule has 44 heavy (non-hydrogen) atoms. The highest BCUT2D eigenvalue weighted by molar-refractivity contribution is 7.92. The van der Waals surface area contributed by atoms with Crippen molar-refractivity contribution >= 4 is 27.5 Å². The first-order chi connectivity index (χ1) is 21.2. The van der Waals surface area contributed by atoms with Crippen molar-refractivity contribution in [1.82, 2.24) is 10.2 Å². The molecule has 0 saturated heterocycles. The van der Waals surface area contributed by atoms with Crippen molar-refractivity contribution in [2.24, 2.45) is 0 Å². The van der Waals surface area contributed by atoms with Gasteiger partial charge in [-0.05, 0) is 87.2 Å². The van der Waals surface area contributed by atoms with Crippen LogP contribution in [0.2, 0.25) is 0 Å². The van der Waals surface area contributed by atoms with Crippen molar-refractivity contribution in [3.63, 3.8) is 0 Å². The minimum atomic E-state index is -4.17. The van der Waals surface area contributed by atoms with Crippen LogP contribution in [0.1, 0.15) is 57.1 Å². The Morgan fingerprint density at radius 1 is 0.955 bits per heavy atom. The zero-order chi connectivity index (χ0) is 31.7. The molecule has 4 rings (SSSR count). The molecule has 0 heterocycles. The Morgan fingerprint density at radius 3 is 2.25 bits per heavy atom. The van der Waals surface area contributed by atoms with E-state index in [1.165, 1.54) is 17.0 Å². The number of sulfonamides is 1. The van der Waals surface area contributed by atoms with Crippen molar-refractivity contribution in [1.29, 1.82) is 0 Å². The minimum Gasteiger partial charge on any atom is -0.497 e. The predicted octanol–water partition coefficient (Wildman–Crippen LogP) is 5.46. The van der Waals surface area contributed by atoms with E-state index in [4.69, 9.17) is 9.47 Å². The Hall–Kier alpha value is -4.05. The minimum absolute atomic E-state index is 0.0275. The van der Waals surface area contributed by atoms with Gasteiger partial charge in [0, 0.05) is 12.6 Å². The molecule has 0 radical (unpaired) electrons. The molecule has 1 aliphatic rings. The first kappa shape index (κ1) is 32.9. The fourth-order valence-corrected chi connectivity index (χ4v) is 6.91. The van der Waals surface area contributed by atoms with Gasteiger partial charge in [0.15, 0.2) is 0 Å². The highest BCUT2D eigenvalue weighted by Gasteiger charge is 2.34. The quantitative estimate of drug-likeness (QED) is 0.256. The van der Waals surface area contributed by atoms with Crippen molar-refractivity contribution in [2.75, 3.05) is 24.6 Å². The molecule has 0 unspecified atom stereocenters. The summed E-state index contributed by atoms with van der Waals surface area (Å²) in [4.78, 5) is 29.4. The molecule has 3 aromatic rings. The van der Waals surface area contributed by atoms with Crippen LogP contribution >= 0.6 is 0 Å². The van der Waals surface area contributed by atoms with E-state index in [9.17, 15) is 18.0 Å². The number of aryl methyl sites for hydroxylation is 1. The van der Waals surface area contributed by atoms with Crippen molar-refractivity contribution in [3.05, 3.63) is 83.9 Å². The zero-order valence-corrected chi connectivity index (χ0v) is 26.8. The second-order valence-corrected chi connectivity index (χ2v) is 12.9. The largest absolute Gasteiger partial charge is 0.497 e. The summed E-state index contributed by atoms with van der Waals surface area (Å²) in [5.74, 6) is 0.453. The van der Waals surface area contributed by atoms with Gasteiger partial charge >= 0.3 is 0 Å². The van der Waals surface area contributed by atoms with Gasteiger partial charge in [-0.2, -0.15) is 0 Å². The number of rotatable bonds is 14. The second-order valence-electron chi connectivity index (χ2n) is 11.0. The predicted molar refractivity (Wildman–Crippen MR) is 171 cm³/mol. The number of anilines is 1. The number of ether oxygens (including phenoxy) is 2. The molecule has 0 bridgehead atoms. The maximum atomic E-state index is 14.3. The Labute approximate surface area is 261 Å². The van der Waals surface area contributed by atoms with E-state index in [2.05, 4.69) is 5.32 Å². The first-order valence-corrected chi connectivity index (χ1v) is 16.6. The summed E-state index contributed by atoms with van der Waals surface area (Å²) < 4.78 is 40.2. The molecular weight excluding hydrogens is 578 g/mol. The van der Waals surface area contributed by atoms with Gasteiger partial charge in [-0.3, -0.25) is 13.9 Å². The van der Waals surface area contributed by atoms with Crippen molar-refractivity contribution in [3.8, 4) is 11.5 Å². The van der Waals surface area contributed by atoms with Crippen LogP contribution in [-0.4, -0.2) is 57.5 Å². The summed E-state index contributed by atoms with van der Waals surface area (Å²) in [5, 5.41) is 3.14. The average molecular weight is 622 g/mol. The van der Waals surface area contributed by atoms with Gasteiger partial charge in [-0.1, -0.05) is 49.6 Å². The molecule has 1 fully saturated rings. The summed E-state index contributed by atoms with van der Waals surface area (Å²) in [6.45, 7) is 5.69. The highest BCUT2D eigenvalue weighted by Crippen LogP contribution is 2.27. The van der Waals surface area contributed by atoms with Crippen LogP contribution in [-0.2, 0) is 26.2 Å². The zero-order valence-electron chi connectivity index (χ0n) is 26.0. The van der Waals surface area contributed by atoms with Gasteiger partial charge in [0.2, 0.25) is 11.8 Å². The molecule has 2 amide bonds. The topological polar surface area (TPSA) is 105 Å². The van der Waals surface area contributed by atoms with E-state index in [1.54, 1.807) is 43.5 Å². The van der Waals surface area contributed by atoms with Gasteiger partial charge in [-0.25, -0.2) is 8.42 Å². The smallest absolute Gasteiger partial charge is 0.264 e. The van der Waals surface area contributed by atoms with Gasteiger partial charge in [-0.15, -0.1) is 0 Å². The Bertz CT molecular complexity index is 1500. The average Bonchev–Trinajstić information content (AvgIpc) is 3.53. The molecule has 0 spiro atoms. The van der Waals surface area contributed by atoms with Crippen LogP contribution < -0.4 is 19.1 Å². The van der Waals surface area contributed by atoms with Crippen LogP contribution in [0.15, 0.2) is 77.7 Å². The van der Waals surface area contributed by atoms with E-state index >= 15 is 0 Å². The molecule has 10 heteroatoms. The number of carbonyl (C=O) groups is 2. The number of methoxy groups -OCH3 is 1. The van der Waals surface area contributed by atoms with Gasteiger partial charge in [0.05, 0.1) is 24.3 Å². The maximum Gasteiger partial charge on any atom is 0.264 e. The van der Waals surface area contributed by atoms with E-state index in [1.807, 2.05) is 45.0 Å². The molecule has 9 nitrogen and oxygen atoms in total. The number of nitrogens with one attached hydrogen (secondary N) is 1. The number of hydrogen-bond donors (Lipinski definition) is 1. The molecular formula is C34H43N3O6S. The fraction of sp³-hybridized carbons (Fsp3) is 0.412. The molecule has 1 aliphatic carbocycles. The molecule has 1 N–H and O–H groups in total. The standard InChI is InChI=1S/C34H43N3O6S/c1-5-32(34(39)35-27-11-7-8-12-27)36(23-26-10-9-13-30(22-26)42-4)33(38)24-37(28-16-14-25(3)15-17-28)44(40,41)31-20-18-29(19-21-31)43-6-2/h9-10,13-22,27,32H,5-8,11-12,23-24H2,1-4H3,(H,35,39)/t32-/m1/s1. The summed E-state index contributed by atoms with van der Waals surface area (Å²) >= 11 is 0. The SMILES string of the molecule is CCOc1ccc(S(=O)(=O)N(CC(=O)N(Cc2cccc(OC)c2)[C@H](CC)C(=O)NC2CCCC2)c2ccc(C)cc2)cc1. The van der Waals surface area contributed by atoms with E-state index < -0.39 is 28.5 Å². The Morgan fingerprint density at radius 2 is 1.64 bits per heavy atom. The van der Waals surface area contributed by atoms with Crippen LogP contribution in [0.3, 0.4) is 0 Å². The molecule has 1 saturated carbocycles. The third-order valence-corrected chi connectivity index (χ3v) is 9.69. The molecule has 0 aliphatic heterocycles. The molecule has 3 aromatic carbocycles. The lowest BCUT2D eigenvalue weighted by Crippen LogP contribution is -2.53. The van der Waals surface area contributed by atoms with Gasteiger partial charge < -0.3 is 19.7 Å². The fourth-order valence-electron chi connectivity index (χ4n) is 5.50. The van der Waals surface area contributed by atoms with Crippen LogP contribution in [0.5, 0.6) is 11.5 Å². The molecule has 1 atom stereocenters. The summed E-state index contributed by atoms with van der Waals surface area (Å²) in [6.07, 6.45) is 4.30. The number of hydrogen-bond acceptors (Lipinski definition) is 6. The summed E-state index contributed by atoms with van der Waals surface area (Å²) in [6, 6.07) is 19.7. The summed E-state index contributed by atoms with van der Waals surface area (Å²) in [5.41, 5.74) is 2.07. The van der Waals surface area contributed by atoms with Crippen LogP contribution in [0, 0.1) is 6.92 Å². The number of carbonyl (C=O) groups excluding carboxylic acids is 2. The van der Waals surface area contributed by atoms with Crippen molar-refractivity contribution in [2.45, 2.75) is 76.4 Å². The number of amides is 2. The Kier molecular flexibility index (Phi) is 11.3. The second kappa shape index (κ2) is 15.1. The number of nitrogens with zero attached hydrogens (tertiary/aromatic N) is 2. The van der Waals surface area contributed by atoms with Crippen LogP contribution in [0.4, 0.5) is 5.69 Å². The lowest BCUT2D eigenvalue weighted by atomic mass is 10.1. The monoisotopic (exact) mass is 621 g/mol. The molecule has 0 aromatic heterocycles. The van der Waals surface area contributed by atoms with E-state index in [0.29, 0.717) is 30.2 Å². The maximum absolute atomic E-state index is 14.3. The third kappa shape index (κ3) is 8.11. The van der Waals surface area contributed by atoms with Gasteiger partial charge in [0.25, 0.3) is 10.0 Å². The van der Waals surface area contributed by atoms with Crippen LogP contribution in [0.25, 0.3) is 0 Å². The third-order valence-electron chi connectivity index (χ3n) is 7.90. The Balaban J connectivity index is 1.71. The lowest BCUT2D eigenvalue weighted by Gasteiger charge is -2.34. The summed E-state index contributed by atoms with van der Waals surface area (Å²) in [7, 11) is -2.61.